The molecule has 4 heterocycles. The van der Waals surface area contributed by atoms with E-state index in [0.29, 0.717) is 42.9 Å². The monoisotopic (exact) mass is 408 g/mol. The van der Waals surface area contributed by atoms with Crippen molar-refractivity contribution in [3.63, 3.8) is 0 Å². The molecule has 12 heteroatoms. The van der Waals surface area contributed by atoms with E-state index in [1.54, 1.807) is 18.8 Å². The highest BCUT2D eigenvalue weighted by Crippen LogP contribution is 2.28. The Kier molecular flexibility index (Phi) is 4.63. The first kappa shape index (κ1) is 19.2. The molecule has 0 radical (unpaired) electrons. The van der Waals surface area contributed by atoms with Crippen molar-refractivity contribution < 1.29 is 13.2 Å². The maximum Gasteiger partial charge on any atom is 0.433 e. The topological polar surface area (TPSA) is 93.8 Å². The number of hydrogen-bond donors (Lipinski definition) is 1. The minimum Gasteiger partial charge on any atom is -0.367 e. The third-order valence-corrected chi connectivity index (χ3v) is 5.04. The van der Waals surface area contributed by atoms with Crippen LogP contribution in [-0.2, 0) is 20.3 Å². The molecule has 0 unspecified atom stereocenters. The molecule has 1 fully saturated rings. The summed E-state index contributed by atoms with van der Waals surface area (Å²) in [5.74, 6) is 0.693. The van der Waals surface area contributed by atoms with Gasteiger partial charge in [-0.1, -0.05) is 0 Å². The van der Waals surface area contributed by atoms with Crippen LogP contribution in [0, 0.1) is 0 Å². The molecule has 0 bridgehead atoms. The van der Waals surface area contributed by atoms with Crippen molar-refractivity contribution in [2.45, 2.75) is 25.1 Å². The predicted octanol–water partition coefficient (Wildman–Crippen LogP) is 1.56. The van der Waals surface area contributed by atoms with Crippen LogP contribution in [0.1, 0.15) is 18.5 Å². The van der Waals surface area contributed by atoms with E-state index in [2.05, 4.69) is 25.4 Å². The maximum atomic E-state index is 12.8. The van der Waals surface area contributed by atoms with Crippen LogP contribution in [0.4, 0.5) is 24.9 Å². The van der Waals surface area contributed by atoms with Crippen LogP contribution in [0.15, 0.2) is 23.4 Å². The van der Waals surface area contributed by atoms with Gasteiger partial charge in [0.15, 0.2) is 5.65 Å². The number of nitrogens with one attached hydrogen (secondary N) is 1. The molecule has 1 aliphatic rings. The molecular weight excluding hydrogens is 389 g/mol. The van der Waals surface area contributed by atoms with Crippen molar-refractivity contribution in [2.24, 2.45) is 14.1 Å². The fraction of sp³-hybridized carbons (Fsp3) is 0.471. The van der Waals surface area contributed by atoms with Crippen molar-refractivity contribution in [1.82, 2.24) is 29.3 Å². The van der Waals surface area contributed by atoms with Crippen molar-refractivity contribution in [2.75, 3.05) is 23.3 Å². The second kappa shape index (κ2) is 7.01. The van der Waals surface area contributed by atoms with Gasteiger partial charge in [0.05, 0.1) is 6.20 Å². The molecule has 0 atom stereocenters. The molecule has 0 spiro atoms. The van der Waals surface area contributed by atoms with Gasteiger partial charge >= 0.3 is 6.18 Å². The molecule has 0 saturated carbocycles. The van der Waals surface area contributed by atoms with Gasteiger partial charge in [-0.2, -0.15) is 23.3 Å². The Bertz CT molecular complexity index is 1100. The number of aryl methyl sites for hydroxylation is 1. The lowest BCUT2D eigenvalue weighted by atomic mass is 10.1. The summed E-state index contributed by atoms with van der Waals surface area (Å²) >= 11 is 0. The summed E-state index contributed by atoms with van der Waals surface area (Å²) in [4.78, 5) is 26.3. The van der Waals surface area contributed by atoms with Crippen LogP contribution in [0.5, 0.6) is 0 Å². The van der Waals surface area contributed by atoms with Crippen molar-refractivity contribution >= 4 is 22.8 Å². The highest BCUT2D eigenvalue weighted by molar-refractivity contribution is 5.74. The van der Waals surface area contributed by atoms with Crippen LogP contribution in [0.2, 0.25) is 0 Å². The summed E-state index contributed by atoms with van der Waals surface area (Å²) in [7, 11) is 3.40. The molecule has 4 rings (SSSR count). The van der Waals surface area contributed by atoms with E-state index in [1.807, 2.05) is 4.90 Å². The van der Waals surface area contributed by atoms with E-state index in [4.69, 9.17) is 0 Å². The second-order valence-electron chi connectivity index (χ2n) is 6.97. The number of nitrogens with zero attached hydrogens (tertiary/aromatic N) is 7. The standard InChI is InChI=1S/C17H19F3N8O/c1-26-15(29)11-8-23-27(2)14(11)25-16(26)28-5-3-10(4-6-28)24-13-7-12(17(18,19)20)21-9-22-13/h7-10H,3-6H2,1-2H3,(H,21,22,24). The molecule has 0 amide bonds. The van der Waals surface area contributed by atoms with Crippen LogP contribution in [0.25, 0.3) is 11.0 Å². The lowest BCUT2D eigenvalue weighted by molar-refractivity contribution is -0.141. The number of halogens is 3. The maximum absolute atomic E-state index is 12.8. The summed E-state index contributed by atoms with van der Waals surface area (Å²) in [5.41, 5.74) is -0.626. The van der Waals surface area contributed by atoms with Gasteiger partial charge in [0, 0.05) is 39.3 Å². The van der Waals surface area contributed by atoms with Crippen LogP contribution in [0.3, 0.4) is 0 Å². The highest BCUT2D eigenvalue weighted by atomic mass is 19.4. The quantitative estimate of drug-likeness (QED) is 0.703. The van der Waals surface area contributed by atoms with Crippen LogP contribution < -0.4 is 15.8 Å². The first-order valence-corrected chi connectivity index (χ1v) is 9.03. The molecule has 154 valence electrons. The average molecular weight is 408 g/mol. The zero-order chi connectivity index (χ0) is 20.8. The Hall–Kier alpha value is -3.18. The molecule has 9 nitrogen and oxygen atoms in total. The molecule has 3 aromatic rings. The third kappa shape index (κ3) is 3.61. The number of aromatic nitrogens is 6. The Labute approximate surface area is 163 Å². The normalized spacial score (nSPS) is 15.8. The molecule has 0 aromatic carbocycles. The lowest BCUT2D eigenvalue weighted by Crippen LogP contribution is -2.42. The number of rotatable bonds is 3. The number of fused-ring (bicyclic) bond motifs is 1. The Morgan fingerprint density at radius 3 is 2.59 bits per heavy atom. The number of hydrogen-bond acceptors (Lipinski definition) is 7. The molecule has 1 N–H and O–H groups in total. The van der Waals surface area contributed by atoms with Crippen molar-refractivity contribution in [1.29, 1.82) is 0 Å². The molecule has 1 saturated heterocycles. The molecule has 0 aliphatic carbocycles. The molecular formula is C17H19F3N8O. The number of piperidine rings is 1. The van der Waals surface area contributed by atoms with Gasteiger partial charge in [-0.25, -0.2) is 9.97 Å². The van der Waals surface area contributed by atoms with Gasteiger partial charge < -0.3 is 10.2 Å². The Morgan fingerprint density at radius 2 is 1.90 bits per heavy atom. The summed E-state index contributed by atoms with van der Waals surface area (Å²) in [6.07, 6.45) is -0.788. The first-order valence-electron chi connectivity index (χ1n) is 9.03. The van der Waals surface area contributed by atoms with Gasteiger partial charge in [-0.3, -0.25) is 14.0 Å². The Balaban J connectivity index is 1.48. The summed E-state index contributed by atoms with van der Waals surface area (Å²) in [6, 6.07) is 0.869. The minimum absolute atomic E-state index is 0.0419. The molecule has 3 aromatic heterocycles. The van der Waals surface area contributed by atoms with E-state index in [-0.39, 0.29) is 17.4 Å². The van der Waals surface area contributed by atoms with Gasteiger partial charge in [0.2, 0.25) is 5.95 Å². The van der Waals surface area contributed by atoms with Crippen LogP contribution in [-0.4, -0.2) is 48.4 Å². The van der Waals surface area contributed by atoms with Gasteiger partial charge in [-0.05, 0) is 12.8 Å². The van der Waals surface area contributed by atoms with Crippen LogP contribution >= 0.6 is 0 Å². The number of anilines is 2. The predicted molar refractivity (Wildman–Crippen MR) is 99.6 cm³/mol. The van der Waals surface area contributed by atoms with Crippen molar-refractivity contribution in [3.8, 4) is 0 Å². The summed E-state index contributed by atoms with van der Waals surface area (Å²) in [5, 5.41) is 7.59. The second-order valence-corrected chi connectivity index (χ2v) is 6.97. The fourth-order valence-electron chi connectivity index (χ4n) is 3.46. The highest BCUT2D eigenvalue weighted by Gasteiger charge is 2.33. The minimum atomic E-state index is -4.51. The SMILES string of the molecule is Cn1c(N2CCC(Nc3cc(C(F)(F)F)ncn3)CC2)nc2c(cnn2C)c1=O. The zero-order valence-electron chi connectivity index (χ0n) is 15.8. The van der Waals surface area contributed by atoms with Gasteiger partial charge in [0.25, 0.3) is 5.56 Å². The molecule has 29 heavy (non-hydrogen) atoms. The largest absolute Gasteiger partial charge is 0.433 e. The van der Waals surface area contributed by atoms with E-state index in [0.717, 1.165) is 12.4 Å². The van der Waals surface area contributed by atoms with E-state index in [1.165, 1.54) is 10.8 Å². The van der Waals surface area contributed by atoms with E-state index in [9.17, 15) is 18.0 Å². The summed E-state index contributed by atoms with van der Waals surface area (Å²) in [6.45, 7) is 1.19. The lowest BCUT2D eigenvalue weighted by Gasteiger charge is -2.33. The third-order valence-electron chi connectivity index (χ3n) is 5.04. The first-order chi connectivity index (χ1) is 13.7. The van der Waals surface area contributed by atoms with Gasteiger partial charge in [-0.15, -0.1) is 0 Å². The van der Waals surface area contributed by atoms with E-state index >= 15 is 0 Å². The number of alkyl halides is 3. The zero-order valence-corrected chi connectivity index (χ0v) is 15.8. The molecule has 1 aliphatic heterocycles. The van der Waals surface area contributed by atoms with Gasteiger partial charge in [0.1, 0.15) is 23.2 Å². The smallest absolute Gasteiger partial charge is 0.367 e. The van der Waals surface area contributed by atoms with Crippen molar-refractivity contribution in [3.05, 3.63) is 34.6 Å². The van der Waals surface area contributed by atoms with E-state index < -0.39 is 11.9 Å². The Morgan fingerprint density at radius 1 is 1.17 bits per heavy atom. The fourth-order valence-corrected chi connectivity index (χ4v) is 3.46. The summed E-state index contributed by atoms with van der Waals surface area (Å²) < 4.78 is 41.5. The average Bonchev–Trinajstić information content (AvgIpc) is 3.06.